The summed E-state index contributed by atoms with van der Waals surface area (Å²) >= 11 is 0. The smallest absolute Gasteiger partial charge is 0.317 e. The summed E-state index contributed by atoms with van der Waals surface area (Å²) in [6, 6.07) is 0.537. The van der Waals surface area contributed by atoms with E-state index in [4.69, 9.17) is 0 Å². The van der Waals surface area contributed by atoms with Gasteiger partial charge in [0.05, 0.1) is 0 Å². The number of urea groups is 1. The lowest BCUT2D eigenvalue weighted by molar-refractivity contribution is 0.198. The number of nitrogens with zero attached hydrogens (tertiary/aromatic N) is 1. The number of hydrogen-bond donors (Lipinski definition) is 2. The highest BCUT2D eigenvalue weighted by Crippen LogP contribution is 2.17. The molecule has 2 rings (SSSR count). The second-order valence-electron chi connectivity index (χ2n) is 5.85. The SMILES string of the molecule is CN(CCC1CCNC1)C(=O)NC1CCCCC1. The lowest BCUT2D eigenvalue weighted by Crippen LogP contribution is -2.44. The molecule has 0 radical (unpaired) electrons. The van der Waals surface area contributed by atoms with Gasteiger partial charge in [0.1, 0.15) is 0 Å². The molecule has 1 atom stereocenters. The Bertz CT molecular complexity index is 258. The van der Waals surface area contributed by atoms with Gasteiger partial charge >= 0.3 is 6.03 Å². The minimum atomic E-state index is 0.118. The Kier molecular flexibility index (Phi) is 5.29. The van der Waals surface area contributed by atoms with Gasteiger partial charge in [-0.05, 0) is 44.7 Å². The highest BCUT2D eigenvalue weighted by atomic mass is 16.2. The predicted octanol–water partition coefficient (Wildman–Crippen LogP) is 1.96. The molecule has 1 aliphatic heterocycles. The van der Waals surface area contributed by atoms with E-state index < -0.39 is 0 Å². The van der Waals surface area contributed by atoms with Crippen molar-refractivity contribution >= 4 is 6.03 Å². The summed E-state index contributed by atoms with van der Waals surface area (Å²) in [5.41, 5.74) is 0. The molecular weight excluding hydrogens is 226 g/mol. The molecule has 18 heavy (non-hydrogen) atoms. The second-order valence-corrected chi connectivity index (χ2v) is 5.85. The number of hydrogen-bond acceptors (Lipinski definition) is 2. The largest absolute Gasteiger partial charge is 0.335 e. The van der Waals surface area contributed by atoms with Crippen molar-refractivity contribution in [2.45, 2.75) is 51.0 Å². The van der Waals surface area contributed by atoms with Crippen LogP contribution in [0.25, 0.3) is 0 Å². The first-order valence-corrected chi connectivity index (χ1v) is 7.48. The Morgan fingerprint density at radius 3 is 2.72 bits per heavy atom. The van der Waals surface area contributed by atoms with Crippen LogP contribution in [0.15, 0.2) is 0 Å². The molecule has 0 spiro atoms. The number of nitrogens with one attached hydrogen (secondary N) is 2. The summed E-state index contributed by atoms with van der Waals surface area (Å²) in [6.07, 6.45) is 8.57. The highest BCUT2D eigenvalue weighted by molar-refractivity contribution is 5.74. The second kappa shape index (κ2) is 6.98. The maximum absolute atomic E-state index is 12.0. The summed E-state index contributed by atoms with van der Waals surface area (Å²) in [7, 11) is 1.92. The fraction of sp³-hybridized carbons (Fsp3) is 0.929. The number of carbonyl (C=O) groups is 1. The van der Waals surface area contributed by atoms with Crippen LogP contribution in [0.1, 0.15) is 44.9 Å². The zero-order chi connectivity index (χ0) is 12.8. The molecule has 4 heteroatoms. The van der Waals surface area contributed by atoms with Crippen LogP contribution in [-0.2, 0) is 0 Å². The molecule has 2 aliphatic rings. The van der Waals surface area contributed by atoms with Crippen LogP contribution >= 0.6 is 0 Å². The molecule has 2 fully saturated rings. The molecule has 2 amide bonds. The van der Waals surface area contributed by atoms with Crippen molar-refractivity contribution < 1.29 is 4.79 Å². The summed E-state index contributed by atoms with van der Waals surface area (Å²) < 4.78 is 0. The van der Waals surface area contributed by atoms with E-state index in [0.29, 0.717) is 6.04 Å². The van der Waals surface area contributed by atoms with E-state index in [0.717, 1.165) is 44.8 Å². The molecule has 2 N–H and O–H groups in total. The zero-order valence-corrected chi connectivity index (χ0v) is 11.6. The zero-order valence-electron chi connectivity index (χ0n) is 11.6. The van der Waals surface area contributed by atoms with Crippen LogP contribution in [0.2, 0.25) is 0 Å². The lowest BCUT2D eigenvalue weighted by Gasteiger charge is -2.26. The monoisotopic (exact) mass is 253 g/mol. The molecule has 0 bridgehead atoms. The van der Waals surface area contributed by atoms with E-state index in [1.165, 1.54) is 25.7 Å². The molecule has 0 aromatic heterocycles. The first-order chi connectivity index (χ1) is 8.75. The molecule has 0 aromatic carbocycles. The van der Waals surface area contributed by atoms with E-state index in [-0.39, 0.29) is 6.03 Å². The molecule has 1 aliphatic carbocycles. The normalized spacial score (nSPS) is 25.1. The molecule has 1 unspecified atom stereocenters. The quantitative estimate of drug-likeness (QED) is 0.804. The van der Waals surface area contributed by atoms with Gasteiger partial charge in [-0.2, -0.15) is 0 Å². The first kappa shape index (κ1) is 13.7. The average Bonchev–Trinajstić information content (AvgIpc) is 2.90. The van der Waals surface area contributed by atoms with E-state index in [1.54, 1.807) is 0 Å². The molecule has 0 aromatic rings. The third kappa shape index (κ3) is 4.16. The average molecular weight is 253 g/mol. The van der Waals surface area contributed by atoms with Gasteiger partial charge in [0.2, 0.25) is 0 Å². The van der Waals surface area contributed by atoms with Gasteiger partial charge in [0, 0.05) is 19.6 Å². The van der Waals surface area contributed by atoms with E-state index in [9.17, 15) is 4.79 Å². The van der Waals surface area contributed by atoms with Gasteiger partial charge in [0.15, 0.2) is 0 Å². The maximum Gasteiger partial charge on any atom is 0.317 e. The summed E-state index contributed by atoms with van der Waals surface area (Å²) in [4.78, 5) is 13.9. The predicted molar refractivity (Wildman–Crippen MR) is 73.6 cm³/mol. The summed E-state index contributed by atoms with van der Waals surface area (Å²) in [6.45, 7) is 3.14. The Morgan fingerprint density at radius 2 is 2.06 bits per heavy atom. The summed E-state index contributed by atoms with van der Waals surface area (Å²) in [5.74, 6) is 0.759. The van der Waals surface area contributed by atoms with Gasteiger partial charge in [-0.15, -0.1) is 0 Å². The van der Waals surface area contributed by atoms with Crippen LogP contribution in [0.5, 0.6) is 0 Å². The summed E-state index contributed by atoms with van der Waals surface area (Å²) in [5, 5.41) is 6.54. The molecule has 1 saturated carbocycles. The Balaban J connectivity index is 1.63. The van der Waals surface area contributed by atoms with Gasteiger partial charge in [-0.3, -0.25) is 0 Å². The first-order valence-electron chi connectivity index (χ1n) is 7.48. The van der Waals surface area contributed by atoms with Crippen LogP contribution < -0.4 is 10.6 Å². The van der Waals surface area contributed by atoms with Crippen LogP contribution in [0, 0.1) is 5.92 Å². The third-order valence-electron chi connectivity index (χ3n) is 4.31. The van der Waals surface area contributed by atoms with Gasteiger partial charge in [-0.1, -0.05) is 19.3 Å². The molecule has 1 saturated heterocycles. The molecule has 1 heterocycles. The Hall–Kier alpha value is -0.770. The Morgan fingerprint density at radius 1 is 1.28 bits per heavy atom. The lowest BCUT2D eigenvalue weighted by atomic mass is 9.96. The molecule has 4 nitrogen and oxygen atoms in total. The highest BCUT2D eigenvalue weighted by Gasteiger charge is 2.19. The van der Waals surface area contributed by atoms with Crippen molar-refractivity contribution in [3.63, 3.8) is 0 Å². The van der Waals surface area contributed by atoms with Crippen molar-refractivity contribution in [2.75, 3.05) is 26.7 Å². The number of rotatable bonds is 4. The fourth-order valence-corrected chi connectivity index (χ4v) is 2.97. The Labute approximate surface area is 110 Å². The van der Waals surface area contributed by atoms with Gasteiger partial charge < -0.3 is 15.5 Å². The molecular formula is C14H27N3O. The van der Waals surface area contributed by atoms with Crippen LogP contribution in [-0.4, -0.2) is 43.7 Å². The van der Waals surface area contributed by atoms with Gasteiger partial charge in [-0.25, -0.2) is 4.79 Å². The van der Waals surface area contributed by atoms with Crippen molar-refractivity contribution in [3.05, 3.63) is 0 Å². The van der Waals surface area contributed by atoms with Crippen molar-refractivity contribution in [3.8, 4) is 0 Å². The molecule has 104 valence electrons. The number of amides is 2. The van der Waals surface area contributed by atoms with Crippen LogP contribution in [0.3, 0.4) is 0 Å². The topological polar surface area (TPSA) is 44.4 Å². The fourth-order valence-electron chi connectivity index (χ4n) is 2.97. The van der Waals surface area contributed by atoms with Crippen LogP contribution in [0.4, 0.5) is 4.79 Å². The number of carbonyl (C=O) groups excluding carboxylic acids is 1. The van der Waals surface area contributed by atoms with Crippen molar-refractivity contribution in [2.24, 2.45) is 5.92 Å². The third-order valence-corrected chi connectivity index (χ3v) is 4.31. The maximum atomic E-state index is 12.0. The van der Waals surface area contributed by atoms with Gasteiger partial charge in [0.25, 0.3) is 0 Å². The van der Waals surface area contributed by atoms with E-state index in [2.05, 4.69) is 10.6 Å². The van der Waals surface area contributed by atoms with Crippen molar-refractivity contribution in [1.82, 2.24) is 15.5 Å². The van der Waals surface area contributed by atoms with E-state index in [1.807, 2.05) is 11.9 Å². The minimum Gasteiger partial charge on any atom is -0.335 e. The minimum absolute atomic E-state index is 0.118. The van der Waals surface area contributed by atoms with E-state index >= 15 is 0 Å². The van der Waals surface area contributed by atoms with Crippen molar-refractivity contribution in [1.29, 1.82) is 0 Å². The standard InChI is InChI=1S/C14H27N3O/c1-17(10-8-12-7-9-15-11-12)14(18)16-13-5-3-2-4-6-13/h12-13,15H,2-11H2,1H3,(H,16,18).